The van der Waals surface area contributed by atoms with Gasteiger partial charge in [0.1, 0.15) is 5.60 Å². The van der Waals surface area contributed by atoms with Crippen molar-refractivity contribution in [2.45, 2.75) is 74.0 Å². The summed E-state index contributed by atoms with van der Waals surface area (Å²) in [7, 11) is 0. The lowest BCUT2D eigenvalue weighted by atomic mass is 10.2. The average molecular weight is 252 g/mol. The summed E-state index contributed by atoms with van der Waals surface area (Å²) >= 11 is 0. The number of carbonyl (C=O) groups is 1. The van der Waals surface area contributed by atoms with E-state index in [9.17, 15) is 4.79 Å². The lowest BCUT2D eigenvalue weighted by Gasteiger charge is -2.17. The van der Waals surface area contributed by atoms with Gasteiger partial charge in [0.2, 0.25) is 0 Å². The van der Waals surface area contributed by atoms with E-state index in [2.05, 4.69) is 0 Å². The van der Waals surface area contributed by atoms with E-state index < -0.39 is 5.60 Å². The molecule has 0 unspecified atom stereocenters. The third kappa shape index (κ3) is 143. The van der Waals surface area contributed by atoms with Crippen LogP contribution in [0.5, 0.6) is 0 Å². The molecule has 17 heavy (non-hydrogen) atoms. The largest absolute Gasteiger partial charge is 0.460 e. The van der Waals surface area contributed by atoms with E-state index in [0.717, 1.165) is 0 Å². The lowest BCUT2D eigenvalue weighted by molar-refractivity contribution is -0.151. The first-order chi connectivity index (χ1) is 6.83. The fraction of sp³-hybridized carbons (Fsp3) is 0.923. The summed E-state index contributed by atoms with van der Waals surface area (Å²) in [6.45, 7) is 14.1. The Labute approximate surface area is 107 Å². The Morgan fingerprint density at radius 2 is 1.29 bits per heavy atom. The molecule has 0 amide bonds. The Balaban J connectivity index is -0.0000000815. The normalized spacial score (nSPS) is 9.76. The van der Waals surface area contributed by atoms with Gasteiger partial charge < -0.3 is 14.9 Å². The lowest BCUT2D eigenvalue weighted by Crippen LogP contribution is -2.21. The van der Waals surface area contributed by atoms with Crippen LogP contribution in [0.15, 0.2) is 0 Å². The summed E-state index contributed by atoms with van der Waals surface area (Å²) in [4.78, 5) is 10.2. The van der Waals surface area contributed by atoms with Crippen LogP contribution in [-0.2, 0) is 9.53 Å². The van der Waals surface area contributed by atoms with Crippen LogP contribution in [0, 0.1) is 0 Å². The number of esters is 1. The zero-order chi connectivity index (χ0) is 14.0. The molecule has 0 radical (unpaired) electrons. The van der Waals surface area contributed by atoms with Gasteiger partial charge in [-0.05, 0) is 48.5 Å². The van der Waals surface area contributed by atoms with Gasteiger partial charge in [-0.2, -0.15) is 0 Å². The molecule has 0 atom stereocenters. The van der Waals surface area contributed by atoms with E-state index in [1.165, 1.54) is 6.92 Å². The predicted octanol–water partition coefficient (Wildman–Crippen LogP) is 2.76. The van der Waals surface area contributed by atoms with Gasteiger partial charge in [-0.25, -0.2) is 0 Å². The summed E-state index contributed by atoms with van der Waals surface area (Å²) < 4.78 is 4.80. The number of ether oxygens (including phenoxy) is 1. The molecule has 0 bridgehead atoms. The van der Waals surface area contributed by atoms with E-state index in [0.29, 0.717) is 0 Å². The van der Waals surface area contributed by atoms with E-state index in [1.807, 2.05) is 20.8 Å². The standard InChI is InChI=1S/C6H12O2.C4H10O.C2H6O.CH4/c1-5(7)8-6(2,3)4;1-4(2,3)5;1-2-3;/h1-4H3;5H,1-3H3;3H,2H2,1H3;1H4. The van der Waals surface area contributed by atoms with Crippen molar-refractivity contribution in [1.82, 2.24) is 0 Å². The molecule has 4 heteroatoms. The van der Waals surface area contributed by atoms with Crippen molar-refractivity contribution in [3.8, 4) is 0 Å². The van der Waals surface area contributed by atoms with Crippen molar-refractivity contribution in [3.63, 3.8) is 0 Å². The van der Waals surface area contributed by atoms with Crippen molar-refractivity contribution >= 4 is 5.97 Å². The van der Waals surface area contributed by atoms with E-state index in [-0.39, 0.29) is 25.6 Å². The number of hydrogen-bond acceptors (Lipinski definition) is 4. The minimum atomic E-state index is -0.500. The first kappa shape index (κ1) is 25.3. The molecule has 0 aromatic heterocycles. The first-order valence-corrected chi connectivity index (χ1v) is 5.36. The van der Waals surface area contributed by atoms with Crippen LogP contribution in [0.2, 0.25) is 0 Å². The van der Waals surface area contributed by atoms with Gasteiger partial charge >= 0.3 is 5.97 Å². The SMILES string of the molecule is C.CC(=O)OC(C)(C)C.CC(C)(C)O.CCO. The van der Waals surface area contributed by atoms with Crippen molar-refractivity contribution in [3.05, 3.63) is 0 Å². The Hall–Kier alpha value is -0.610. The molecule has 0 aromatic carbocycles. The minimum absolute atomic E-state index is 0. The van der Waals surface area contributed by atoms with Gasteiger partial charge in [-0.3, -0.25) is 4.79 Å². The molecule has 0 rings (SSSR count). The zero-order valence-electron chi connectivity index (χ0n) is 11.9. The minimum Gasteiger partial charge on any atom is -0.460 e. The predicted molar refractivity (Wildman–Crippen MR) is 73.0 cm³/mol. The highest BCUT2D eigenvalue weighted by Gasteiger charge is 2.11. The Bertz CT molecular complexity index is 157. The molecule has 0 saturated carbocycles. The summed E-state index contributed by atoms with van der Waals surface area (Å²) in [5.74, 6) is -0.225. The highest BCUT2D eigenvalue weighted by molar-refractivity contribution is 5.66. The molecule has 2 N–H and O–H groups in total. The second-order valence-electron chi connectivity index (χ2n) is 5.19. The number of hydrogen-bond donors (Lipinski definition) is 2. The van der Waals surface area contributed by atoms with Crippen molar-refractivity contribution in [2.75, 3.05) is 6.61 Å². The molecule has 0 aliphatic carbocycles. The van der Waals surface area contributed by atoms with Crippen LogP contribution < -0.4 is 0 Å². The zero-order valence-corrected chi connectivity index (χ0v) is 11.9. The molecule has 0 spiro atoms. The third-order valence-electron chi connectivity index (χ3n) is 0.450. The highest BCUT2D eigenvalue weighted by atomic mass is 16.6. The number of aliphatic hydroxyl groups excluding tert-OH is 1. The summed E-state index contributed by atoms with van der Waals surface area (Å²) in [6.07, 6.45) is 0. The van der Waals surface area contributed by atoms with Gasteiger partial charge in [0.15, 0.2) is 0 Å². The van der Waals surface area contributed by atoms with Crippen LogP contribution in [0.25, 0.3) is 0 Å². The molecule has 108 valence electrons. The van der Waals surface area contributed by atoms with Crippen LogP contribution in [0.3, 0.4) is 0 Å². The molecule has 0 fully saturated rings. The molecular formula is C13H32O4. The van der Waals surface area contributed by atoms with Gasteiger partial charge in [0.25, 0.3) is 0 Å². The van der Waals surface area contributed by atoms with Gasteiger partial charge in [0.05, 0.1) is 5.60 Å². The van der Waals surface area contributed by atoms with Crippen LogP contribution >= 0.6 is 0 Å². The van der Waals surface area contributed by atoms with Gasteiger partial charge in [-0.15, -0.1) is 0 Å². The van der Waals surface area contributed by atoms with Crippen molar-refractivity contribution < 1.29 is 19.7 Å². The van der Waals surface area contributed by atoms with Gasteiger partial charge in [-0.1, -0.05) is 7.43 Å². The molecule has 0 aromatic rings. The average Bonchev–Trinajstić information content (AvgIpc) is 1.76. The van der Waals surface area contributed by atoms with E-state index in [1.54, 1.807) is 27.7 Å². The maximum Gasteiger partial charge on any atom is 0.303 e. The van der Waals surface area contributed by atoms with Crippen molar-refractivity contribution in [2.24, 2.45) is 0 Å². The van der Waals surface area contributed by atoms with Crippen LogP contribution in [0.1, 0.15) is 62.8 Å². The molecule has 0 aliphatic rings. The maximum absolute atomic E-state index is 10.2. The van der Waals surface area contributed by atoms with Crippen LogP contribution in [0.4, 0.5) is 0 Å². The van der Waals surface area contributed by atoms with E-state index in [4.69, 9.17) is 14.9 Å². The third-order valence-corrected chi connectivity index (χ3v) is 0.450. The quantitative estimate of drug-likeness (QED) is 0.651. The molecule has 4 nitrogen and oxygen atoms in total. The topological polar surface area (TPSA) is 66.8 Å². The van der Waals surface area contributed by atoms with Crippen LogP contribution in [-0.4, -0.2) is 34.0 Å². The smallest absolute Gasteiger partial charge is 0.303 e. The number of carbonyl (C=O) groups excluding carboxylic acids is 1. The van der Waals surface area contributed by atoms with E-state index >= 15 is 0 Å². The Morgan fingerprint density at radius 1 is 1.12 bits per heavy atom. The second kappa shape index (κ2) is 11.9. The number of rotatable bonds is 0. The van der Waals surface area contributed by atoms with Crippen molar-refractivity contribution in [1.29, 1.82) is 0 Å². The molecule has 0 saturated heterocycles. The molecular weight excluding hydrogens is 220 g/mol. The number of aliphatic hydroxyl groups is 2. The first-order valence-electron chi connectivity index (χ1n) is 5.36. The second-order valence-corrected chi connectivity index (χ2v) is 5.19. The Kier molecular flexibility index (Phi) is 17.6. The molecule has 0 heterocycles. The Morgan fingerprint density at radius 3 is 1.29 bits per heavy atom. The van der Waals surface area contributed by atoms with Gasteiger partial charge in [0, 0.05) is 13.5 Å². The monoisotopic (exact) mass is 252 g/mol. The molecule has 0 aliphatic heterocycles. The fourth-order valence-corrected chi connectivity index (χ4v) is 0.431. The highest BCUT2D eigenvalue weighted by Crippen LogP contribution is 2.05. The summed E-state index contributed by atoms with van der Waals surface area (Å²) in [6, 6.07) is 0. The fourth-order valence-electron chi connectivity index (χ4n) is 0.431. The maximum atomic E-state index is 10.2. The summed E-state index contributed by atoms with van der Waals surface area (Å²) in [5.41, 5.74) is -0.828. The summed E-state index contributed by atoms with van der Waals surface area (Å²) in [5, 5.41) is 16.1.